The molecule has 2 aliphatic rings. The quantitative estimate of drug-likeness (QED) is 0.317. The lowest BCUT2D eigenvalue weighted by Crippen LogP contribution is -2.43. The molecule has 0 radical (unpaired) electrons. The van der Waals surface area contributed by atoms with Crippen LogP contribution in [0.25, 0.3) is 6.08 Å². The average Bonchev–Trinajstić information content (AvgIpc) is 3.34. The summed E-state index contributed by atoms with van der Waals surface area (Å²) in [7, 11) is 1.58. The zero-order chi connectivity index (χ0) is 31.2. The zero-order valence-electron chi connectivity index (χ0n) is 25.2. The summed E-state index contributed by atoms with van der Waals surface area (Å²) >= 11 is 1.23. The van der Waals surface area contributed by atoms with Crippen LogP contribution in [0, 0.1) is 0 Å². The number of carbonyl (C=O) groups excluding carboxylic acids is 2. The molecule has 0 aliphatic carbocycles. The minimum Gasteiger partial charge on any atom is -0.497 e. The highest BCUT2D eigenvalue weighted by molar-refractivity contribution is 7.07. The molecule has 2 aliphatic heterocycles. The van der Waals surface area contributed by atoms with Gasteiger partial charge in [-0.15, -0.1) is 0 Å². The van der Waals surface area contributed by atoms with Crippen LogP contribution in [0.2, 0.25) is 0 Å². The SMILES string of the molecule is CCOC(=O)C1=C(C)N=c2s/c(=C/c3ccc(OCC(=O)N4CCOCC4)c(OCC)c3)c(=O)n2[C@@H]1c1ccc(OC)cc1. The number of methoxy groups -OCH3 is 1. The van der Waals surface area contributed by atoms with Gasteiger partial charge in [-0.25, -0.2) is 9.79 Å². The maximum absolute atomic E-state index is 13.9. The Kier molecular flexibility index (Phi) is 9.81. The van der Waals surface area contributed by atoms with Crippen LogP contribution in [-0.2, 0) is 19.1 Å². The van der Waals surface area contributed by atoms with E-state index in [1.807, 2.05) is 19.1 Å². The van der Waals surface area contributed by atoms with E-state index >= 15 is 0 Å². The van der Waals surface area contributed by atoms with Gasteiger partial charge in [0.15, 0.2) is 22.9 Å². The Morgan fingerprint density at radius 2 is 1.80 bits per heavy atom. The second-order valence-electron chi connectivity index (χ2n) is 10.00. The molecule has 0 unspecified atom stereocenters. The van der Waals surface area contributed by atoms with Crippen molar-refractivity contribution in [2.45, 2.75) is 26.8 Å². The zero-order valence-corrected chi connectivity index (χ0v) is 26.0. The van der Waals surface area contributed by atoms with Crippen molar-refractivity contribution in [1.29, 1.82) is 0 Å². The van der Waals surface area contributed by atoms with E-state index in [9.17, 15) is 14.4 Å². The Balaban J connectivity index is 1.50. The van der Waals surface area contributed by atoms with Gasteiger partial charge in [0.1, 0.15) is 5.75 Å². The van der Waals surface area contributed by atoms with E-state index in [4.69, 9.17) is 23.7 Å². The molecule has 1 amide bonds. The molecule has 0 spiro atoms. The number of thiazole rings is 1. The Labute approximate surface area is 258 Å². The van der Waals surface area contributed by atoms with Crippen LogP contribution in [0.1, 0.15) is 37.9 Å². The first-order valence-corrected chi connectivity index (χ1v) is 15.2. The number of morpholine rings is 1. The number of aromatic nitrogens is 1. The van der Waals surface area contributed by atoms with Crippen molar-refractivity contribution in [2.24, 2.45) is 4.99 Å². The lowest BCUT2D eigenvalue weighted by atomic mass is 9.96. The molecule has 1 aromatic heterocycles. The first kappa shape index (κ1) is 31.0. The molecule has 3 aromatic rings. The van der Waals surface area contributed by atoms with E-state index in [0.717, 1.165) is 5.56 Å². The molecular formula is C32H35N3O8S. The second kappa shape index (κ2) is 13.9. The third kappa shape index (κ3) is 6.56. The van der Waals surface area contributed by atoms with Crippen molar-refractivity contribution in [1.82, 2.24) is 9.47 Å². The summed E-state index contributed by atoms with van der Waals surface area (Å²) in [6.45, 7) is 7.91. The maximum Gasteiger partial charge on any atom is 0.338 e. The highest BCUT2D eigenvalue weighted by Crippen LogP contribution is 2.32. The van der Waals surface area contributed by atoms with Crippen LogP contribution in [0.5, 0.6) is 17.2 Å². The Hall–Kier alpha value is -4.42. The van der Waals surface area contributed by atoms with Gasteiger partial charge >= 0.3 is 5.97 Å². The Morgan fingerprint density at radius 3 is 2.48 bits per heavy atom. The summed E-state index contributed by atoms with van der Waals surface area (Å²) in [6, 6.07) is 11.8. The molecule has 0 N–H and O–H groups in total. The number of carbonyl (C=O) groups is 2. The molecule has 5 rings (SSSR count). The van der Waals surface area contributed by atoms with E-state index in [2.05, 4.69) is 4.99 Å². The van der Waals surface area contributed by atoms with Crippen LogP contribution in [0.4, 0.5) is 0 Å². The van der Waals surface area contributed by atoms with Crippen molar-refractivity contribution in [3.8, 4) is 17.2 Å². The van der Waals surface area contributed by atoms with Crippen molar-refractivity contribution in [2.75, 3.05) is 53.2 Å². The molecule has 232 valence electrons. The average molecular weight is 622 g/mol. The molecule has 2 aromatic carbocycles. The normalized spacial score (nSPS) is 16.7. The molecular weight excluding hydrogens is 586 g/mol. The molecule has 3 heterocycles. The van der Waals surface area contributed by atoms with E-state index < -0.39 is 12.0 Å². The number of nitrogens with zero attached hydrogens (tertiary/aromatic N) is 3. The van der Waals surface area contributed by atoms with Gasteiger partial charge in [0, 0.05) is 13.1 Å². The van der Waals surface area contributed by atoms with Crippen LogP contribution < -0.4 is 29.1 Å². The first-order chi connectivity index (χ1) is 21.3. The number of hydrogen-bond donors (Lipinski definition) is 0. The molecule has 11 nitrogen and oxygen atoms in total. The number of fused-ring (bicyclic) bond motifs is 1. The number of rotatable bonds is 10. The minimum atomic E-state index is -0.725. The number of hydrogen-bond acceptors (Lipinski definition) is 10. The summed E-state index contributed by atoms with van der Waals surface area (Å²) in [4.78, 5) is 46.4. The number of allylic oxidation sites excluding steroid dienone is 1. The van der Waals surface area contributed by atoms with E-state index in [1.54, 1.807) is 62.3 Å². The van der Waals surface area contributed by atoms with Crippen molar-refractivity contribution < 1.29 is 33.3 Å². The largest absolute Gasteiger partial charge is 0.497 e. The Bertz CT molecular complexity index is 1740. The van der Waals surface area contributed by atoms with E-state index in [0.29, 0.717) is 76.3 Å². The highest BCUT2D eigenvalue weighted by atomic mass is 32.1. The fraction of sp³-hybridized carbons (Fsp3) is 0.375. The topological polar surface area (TPSA) is 118 Å². The fourth-order valence-electron chi connectivity index (χ4n) is 5.09. The summed E-state index contributed by atoms with van der Waals surface area (Å²) in [5.74, 6) is 0.905. The lowest BCUT2D eigenvalue weighted by Gasteiger charge is -2.26. The summed E-state index contributed by atoms with van der Waals surface area (Å²) < 4.78 is 29.6. The number of benzene rings is 2. The smallest absolute Gasteiger partial charge is 0.338 e. The third-order valence-corrected chi connectivity index (χ3v) is 8.21. The molecule has 1 atom stereocenters. The summed E-state index contributed by atoms with van der Waals surface area (Å²) in [6.07, 6.45) is 1.75. The molecule has 1 saturated heterocycles. The highest BCUT2D eigenvalue weighted by Gasteiger charge is 2.33. The number of ether oxygens (including phenoxy) is 5. The van der Waals surface area contributed by atoms with Gasteiger partial charge in [-0.05, 0) is 62.2 Å². The maximum atomic E-state index is 13.9. The van der Waals surface area contributed by atoms with Gasteiger partial charge in [-0.1, -0.05) is 29.5 Å². The van der Waals surface area contributed by atoms with Gasteiger partial charge in [-0.2, -0.15) is 0 Å². The van der Waals surface area contributed by atoms with Gasteiger partial charge in [-0.3, -0.25) is 14.2 Å². The van der Waals surface area contributed by atoms with E-state index in [1.165, 1.54) is 15.9 Å². The molecule has 0 bridgehead atoms. The van der Waals surface area contributed by atoms with Crippen molar-refractivity contribution >= 4 is 29.3 Å². The molecule has 1 fully saturated rings. The standard InChI is InChI=1S/C32H35N3O8S/c1-5-41-25-17-21(7-12-24(25)43-19-27(36)34-13-15-40-16-14-34)18-26-30(37)35-29(22-8-10-23(39-4)11-9-22)28(31(38)42-6-2)20(3)33-32(35)44-26/h7-12,17-18,29H,5-6,13-16,19H2,1-4H3/b26-18+/t29-/m1/s1. The summed E-state index contributed by atoms with van der Waals surface area (Å²) in [5.41, 5.74) is 1.93. The lowest BCUT2D eigenvalue weighted by molar-refractivity contribution is -0.139. The Morgan fingerprint density at radius 1 is 1.05 bits per heavy atom. The van der Waals surface area contributed by atoms with Gasteiger partial charge in [0.05, 0.1) is 55.4 Å². The summed E-state index contributed by atoms with van der Waals surface area (Å²) in [5, 5.41) is 0. The van der Waals surface area contributed by atoms with Crippen LogP contribution >= 0.6 is 11.3 Å². The number of amides is 1. The predicted octanol–water partition coefficient (Wildman–Crippen LogP) is 2.44. The van der Waals surface area contributed by atoms with Crippen LogP contribution in [-0.4, -0.2) is 74.6 Å². The molecule has 12 heteroatoms. The van der Waals surface area contributed by atoms with Crippen molar-refractivity contribution in [3.63, 3.8) is 0 Å². The van der Waals surface area contributed by atoms with Gasteiger partial charge in [0.2, 0.25) is 0 Å². The number of esters is 1. The van der Waals surface area contributed by atoms with Crippen molar-refractivity contribution in [3.05, 3.63) is 84.5 Å². The van der Waals surface area contributed by atoms with Gasteiger partial charge < -0.3 is 28.6 Å². The molecule has 0 saturated carbocycles. The third-order valence-electron chi connectivity index (χ3n) is 7.23. The fourth-order valence-corrected chi connectivity index (χ4v) is 6.14. The first-order valence-electron chi connectivity index (χ1n) is 14.4. The van der Waals surface area contributed by atoms with Crippen LogP contribution in [0.3, 0.4) is 0 Å². The molecule has 44 heavy (non-hydrogen) atoms. The van der Waals surface area contributed by atoms with E-state index in [-0.39, 0.29) is 24.7 Å². The second-order valence-corrected chi connectivity index (χ2v) is 11.0. The predicted molar refractivity (Wildman–Crippen MR) is 164 cm³/mol. The van der Waals surface area contributed by atoms with Crippen LogP contribution in [0.15, 0.2) is 63.5 Å². The minimum absolute atomic E-state index is 0.120. The monoisotopic (exact) mass is 621 g/mol. The van der Waals surface area contributed by atoms with Gasteiger partial charge in [0.25, 0.3) is 11.5 Å².